The fourth-order valence-corrected chi connectivity index (χ4v) is 0.859. The predicted octanol–water partition coefficient (Wildman–Crippen LogP) is 1.43. The van der Waals surface area contributed by atoms with E-state index < -0.39 is 11.7 Å². The molecule has 0 saturated carbocycles. The molecule has 1 rings (SSSR count). The van der Waals surface area contributed by atoms with Gasteiger partial charge in [-0.05, 0) is 17.7 Å². The Morgan fingerprint density at radius 2 is 2.31 bits per heavy atom. The van der Waals surface area contributed by atoms with Crippen LogP contribution in [0.2, 0.25) is 0 Å². The smallest absolute Gasteiger partial charge is 0.252 e. The van der Waals surface area contributed by atoms with E-state index in [9.17, 15) is 9.90 Å². The molecule has 0 aromatic heterocycles. The molecule has 0 saturated heterocycles. The zero-order chi connectivity index (χ0) is 9.84. The fourth-order valence-electron chi connectivity index (χ4n) is 0.859. The van der Waals surface area contributed by atoms with Crippen LogP contribution in [0.15, 0.2) is 23.3 Å². The number of amides is 1. The van der Waals surface area contributed by atoms with Gasteiger partial charge in [0.15, 0.2) is 0 Å². The van der Waals surface area contributed by atoms with Crippen molar-refractivity contribution in [2.75, 3.05) is 0 Å². The van der Waals surface area contributed by atoms with Crippen LogP contribution in [-0.2, 0) is 0 Å². The molecule has 6 nitrogen and oxygen atoms in total. The Labute approximate surface area is 73.2 Å². The molecule has 0 radical (unpaired) electrons. The number of carbonyl (C=O) groups excluding carboxylic acids is 1. The number of hydrogen-bond acceptors (Lipinski definition) is 3. The van der Waals surface area contributed by atoms with Gasteiger partial charge in [0.05, 0.1) is 11.3 Å². The maximum Gasteiger partial charge on any atom is 0.252 e. The van der Waals surface area contributed by atoms with Crippen LogP contribution >= 0.6 is 0 Å². The highest BCUT2D eigenvalue weighted by atomic mass is 16.3. The lowest BCUT2D eigenvalue weighted by molar-refractivity contribution is 0.0998. The van der Waals surface area contributed by atoms with E-state index in [4.69, 9.17) is 11.3 Å². The number of nitrogens with zero attached hydrogens (tertiary/aromatic N) is 3. The first-order valence-electron chi connectivity index (χ1n) is 3.33. The van der Waals surface area contributed by atoms with Crippen molar-refractivity contribution in [1.29, 1.82) is 0 Å². The summed E-state index contributed by atoms with van der Waals surface area (Å²) in [7, 11) is 0. The molecule has 0 spiro atoms. The lowest BCUT2D eigenvalue weighted by Gasteiger charge is -2.01. The summed E-state index contributed by atoms with van der Waals surface area (Å²) < 4.78 is 0. The quantitative estimate of drug-likeness (QED) is 0.405. The van der Waals surface area contributed by atoms with Gasteiger partial charge in [-0.1, -0.05) is 11.2 Å². The molecule has 1 aromatic rings. The zero-order valence-electron chi connectivity index (χ0n) is 6.51. The number of benzene rings is 1. The summed E-state index contributed by atoms with van der Waals surface area (Å²) in [5.74, 6) is -1.17. The molecular weight excluding hydrogens is 172 g/mol. The Morgan fingerprint density at radius 1 is 1.62 bits per heavy atom. The Hall–Kier alpha value is -2.20. The van der Waals surface area contributed by atoms with Crippen LogP contribution in [0.4, 0.5) is 5.69 Å². The van der Waals surface area contributed by atoms with Gasteiger partial charge in [-0.3, -0.25) is 4.79 Å². The predicted molar refractivity (Wildman–Crippen MR) is 45.4 cm³/mol. The van der Waals surface area contributed by atoms with Crippen LogP contribution in [0.1, 0.15) is 10.4 Å². The van der Waals surface area contributed by atoms with E-state index in [1.54, 1.807) is 0 Å². The SMILES string of the molecule is [N-]=[N+]=Nc1cccc(C(N)=O)c1O. The number of nitrogens with two attached hydrogens (primary N) is 1. The first-order chi connectivity index (χ1) is 6.16. The van der Waals surface area contributed by atoms with E-state index in [1.165, 1.54) is 18.2 Å². The second-order valence-electron chi connectivity index (χ2n) is 2.23. The van der Waals surface area contributed by atoms with E-state index in [1.807, 2.05) is 0 Å². The molecule has 0 atom stereocenters. The number of phenols is 1. The normalized spacial score (nSPS) is 8.92. The first-order valence-corrected chi connectivity index (χ1v) is 3.33. The van der Waals surface area contributed by atoms with Crippen LogP contribution in [0.5, 0.6) is 5.75 Å². The Bertz CT molecular complexity index is 375. The fraction of sp³-hybridized carbons (Fsp3) is 0. The molecule has 0 heterocycles. The highest BCUT2D eigenvalue weighted by molar-refractivity contribution is 5.97. The minimum absolute atomic E-state index is 0.0150. The molecule has 0 unspecified atom stereocenters. The molecule has 0 aliphatic heterocycles. The van der Waals surface area contributed by atoms with Crippen LogP contribution in [0.3, 0.4) is 0 Å². The van der Waals surface area contributed by atoms with E-state index in [0.29, 0.717) is 0 Å². The second-order valence-corrected chi connectivity index (χ2v) is 2.23. The van der Waals surface area contributed by atoms with Crippen molar-refractivity contribution in [3.05, 3.63) is 34.2 Å². The van der Waals surface area contributed by atoms with Crippen LogP contribution < -0.4 is 5.73 Å². The molecule has 0 fully saturated rings. The molecular formula is C7H6N4O2. The lowest BCUT2D eigenvalue weighted by atomic mass is 10.1. The third-order valence-corrected chi connectivity index (χ3v) is 1.43. The third-order valence-electron chi connectivity index (χ3n) is 1.43. The Balaban J connectivity index is 3.34. The topological polar surface area (TPSA) is 112 Å². The summed E-state index contributed by atoms with van der Waals surface area (Å²) in [5.41, 5.74) is 13.0. The van der Waals surface area contributed by atoms with E-state index >= 15 is 0 Å². The maximum atomic E-state index is 10.7. The molecule has 0 bridgehead atoms. The minimum atomic E-state index is -0.771. The van der Waals surface area contributed by atoms with E-state index in [2.05, 4.69) is 10.0 Å². The Kier molecular flexibility index (Phi) is 2.37. The highest BCUT2D eigenvalue weighted by Crippen LogP contribution is 2.29. The van der Waals surface area contributed by atoms with Crippen LogP contribution in [0, 0.1) is 0 Å². The number of para-hydroxylation sites is 1. The van der Waals surface area contributed by atoms with E-state index in [-0.39, 0.29) is 11.3 Å². The van der Waals surface area contributed by atoms with Crippen molar-refractivity contribution in [2.45, 2.75) is 0 Å². The standard InChI is InChI=1S/C7H6N4O2/c8-7(13)4-2-1-3-5(6(4)12)10-11-9/h1-3,12H,(H2,8,13). The van der Waals surface area contributed by atoms with Gasteiger partial charge >= 0.3 is 0 Å². The summed E-state index contributed by atoms with van der Waals surface area (Å²) in [4.78, 5) is 13.2. The summed E-state index contributed by atoms with van der Waals surface area (Å²) in [6.07, 6.45) is 0. The molecule has 0 aliphatic carbocycles. The van der Waals surface area contributed by atoms with E-state index in [0.717, 1.165) is 0 Å². The maximum absolute atomic E-state index is 10.7. The zero-order valence-corrected chi connectivity index (χ0v) is 6.51. The highest BCUT2D eigenvalue weighted by Gasteiger charge is 2.09. The number of azide groups is 1. The average Bonchev–Trinajstić information content (AvgIpc) is 2.08. The lowest BCUT2D eigenvalue weighted by Crippen LogP contribution is -2.10. The van der Waals surface area contributed by atoms with Gasteiger partial charge in [0.2, 0.25) is 0 Å². The first kappa shape index (κ1) is 8.89. The largest absolute Gasteiger partial charge is 0.507 e. The molecule has 3 N–H and O–H groups in total. The third kappa shape index (κ3) is 1.69. The minimum Gasteiger partial charge on any atom is -0.507 e. The summed E-state index contributed by atoms with van der Waals surface area (Å²) >= 11 is 0. The van der Waals surface area contributed by atoms with Crippen molar-refractivity contribution in [2.24, 2.45) is 10.8 Å². The van der Waals surface area contributed by atoms with Gasteiger partial charge in [0.1, 0.15) is 5.75 Å². The molecule has 1 aromatic carbocycles. The molecule has 6 heteroatoms. The van der Waals surface area contributed by atoms with Crippen molar-refractivity contribution < 1.29 is 9.90 Å². The monoisotopic (exact) mass is 178 g/mol. The summed E-state index contributed by atoms with van der Waals surface area (Å²) in [6.45, 7) is 0. The molecule has 13 heavy (non-hydrogen) atoms. The van der Waals surface area contributed by atoms with Gasteiger partial charge in [-0.25, -0.2) is 0 Å². The summed E-state index contributed by atoms with van der Waals surface area (Å²) in [5, 5.41) is 12.5. The molecule has 0 aliphatic rings. The van der Waals surface area contributed by atoms with Crippen molar-refractivity contribution in [1.82, 2.24) is 0 Å². The van der Waals surface area contributed by atoms with Gasteiger partial charge in [0.25, 0.3) is 5.91 Å². The van der Waals surface area contributed by atoms with Gasteiger partial charge in [-0.15, -0.1) is 0 Å². The van der Waals surface area contributed by atoms with Crippen molar-refractivity contribution >= 4 is 11.6 Å². The van der Waals surface area contributed by atoms with Crippen molar-refractivity contribution in [3.63, 3.8) is 0 Å². The van der Waals surface area contributed by atoms with Crippen molar-refractivity contribution in [3.8, 4) is 5.75 Å². The molecule has 66 valence electrons. The summed E-state index contributed by atoms with van der Waals surface area (Å²) in [6, 6.07) is 4.18. The second kappa shape index (κ2) is 3.46. The number of aromatic hydroxyl groups is 1. The van der Waals surface area contributed by atoms with Gasteiger partial charge in [-0.2, -0.15) is 0 Å². The van der Waals surface area contributed by atoms with Crippen LogP contribution in [0.25, 0.3) is 10.4 Å². The number of carbonyl (C=O) groups is 1. The number of hydrogen-bond donors (Lipinski definition) is 2. The van der Waals surface area contributed by atoms with Gasteiger partial charge in [0, 0.05) is 4.91 Å². The average molecular weight is 178 g/mol. The Morgan fingerprint density at radius 3 is 2.85 bits per heavy atom. The van der Waals surface area contributed by atoms with Crippen LogP contribution in [-0.4, -0.2) is 11.0 Å². The van der Waals surface area contributed by atoms with Gasteiger partial charge < -0.3 is 10.8 Å². The number of rotatable bonds is 2. The number of primary amides is 1. The molecule has 1 amide bonds.